The minimum absolute atomic E-state index is 0.0832. The largest absolute Gasteiger partial charge is 0.495 e. The van der Waals surface area contributed by atoms with Gasteiger partial charge in [0.05, 0.1) is 30.6 Å². The van der Waals surface area contributed by atoms with E-state index in [1.807, 2.05) is 50.2 Å². The van der Waals surface area contributed by atoms with Gasteiger partial charge in [-0.1, -0.05) is 6.07 Å². The molecular formula is C20H24N4O3. The summed E-state index contributed by atoms with van der Waals surface area (Å²) >= 11 is 0. The van der Waals surface area contributed by atoms with Crippen LogP contribution in [0.15, 0.2) is 36.5 Å². The molecule has 1 aromatic heterocycles. The average Bonchev–Trinajstić information content (AvgIpc) is 3.04. The highest BCUT2D eigenvalue weighted by molar-refractivity contribution is 6.04. The third-order valence-electron chi connectivity index (χ3n) is 4.59. The Hall–Kier alpha value is -3.09. The second-order valence-corrected chi connectivity index (χ2v) is 6.87. The van der Waals surface area contributed by atoms with Crippen LogP contribution in [0.4, 0.5) is 17.2 Å². The Balaban J connectivity index is 1.71. The Morgan fingerprint density at radius 3 is 2.70 bits per heavy atom. The highest BCUT2D eigenvalue weighted by Crippen LogP contribution is 2.34. The van der Waals surface area contributed by atoms with Gasteiger partial charge in [0.15, 0.2) is 0 Å². The van der Waals surface area contributed by atoms with Crippen molar-refractivity contribution in [3.8, 4) is 5.75 Å². The summed E-state index contributed by atoms with van der Waals surface area (Å²) in [5.41, 5.74) is 2.35. The molecule has 1 aliphatic rings. The number of nitrogens with one attached hydrogen (secondary N) is 1. The second kappa shape index (κ2) is 7.65. The fourth-order valence-electron chi connectivity index (χ4n) is 3.10. The van der Waals surface area contributed by atoms with E-state index >= 15 is 0 Å². The van der Waals surface area contributed by atoms with Crippen LogP contribution in [0, 0.1) is 12.8 Å². The van der Waals surface area contributed by atoms with Gasteiger partial charge in [-0.15, -0.1) is 0 Å². The van der Waals surface area contributed by atoms with E-state index in [0.717, 1.165) is 11.4 Å². The molecule has 1 N–H and O–H groups in total. The third kappa shape index (κ3) is 4.02. The maximum Gasteiger partial charge on any atom is 0.229 e. The molecule has 7 nitrogen and oxygen atoms in total. The molecule has 27 heavy (non-hydrogen) atoms. The lowest BCUT2D eigenvalue weighted by Crippen LogP contribution is -2.28. The minimum atomic E-state index is -0.420. The smallest absolute Gasteiger partial charge is 0.229 e. The van der Waals surface area contributed by atoms with Gasteiger partial charge in [-0.25, -0.2) is 4.98 Å². The van der Waals surface area contributed by atoms with E-state index in [1.165, 1.54) is 0 Å². The fourth-order valence-corrected chi connectivity index (χ4v) is 3.10. The number of hydrogen-bond acceptors (Lipinski definition) is 5. The van der Waals surface area contributed by atoms with Crippen molar-refractivity contribution < 1.29 is 14.3 Å². The highest BCUT2D eigenvalue weighted by atomic mass is 16.5. The van der Waals surface area contributed by atoms with Gasteiger partial charge in [0.1, 0.15) is 11.6 Å². The van der Waals surface area contributed by atoms with E-state index in [2.05, 4.69) is 10.3 Å². The van der Waals surface area contributed by atoms with Crippen LogP contribution in [0.2, 0.25) is 0 Å². The second-order valence-electron chi connectivity index (χ2n) is 6.87. The van der Waals surface area contributed by atoms with Gasteiger partial charge in [-0.2, -0.15) is 0 Å². The molecule has 0 radical (unpaired) electrons. The van der Waals surface area contributed by atoms with Crippen LogP contribution < -0.4 is 19.9 Å². The molecule has 1 fully saturated rings. The summed E-state index contributed by atoms with van der Waals surface area (Å²) in [4.78, 5) is 32.9. The molecule has 0 aliphatic carbocycles. The summed E-state index contributed by atoms with van der Waals surface area (Å²) in [5.74, 6) is 0.744. The van der Waals surface area contributed by atoms with E-state index in [9.17, 15) is 9.59 Å². The van der Waals surface area contributed by atoms with Gasteiger partial charge in [0.2, 0.25) is 11.8 Å². The van der Waals surface area contributed by atoms with Crippen molar-refractivity contribution in [3.63, 3.8) is 0 Å². The van der Waals surface area contributed by atoms with Crippen LogP contribution in [0.3, 0.4) is 0 Å². The first-order valence-electron chi connectivity index (χ1n) is 8.78. The van der Waals surface area contributed by atoms with Crippen molar-refractivity contribution in [1.29, 1.82) is 0 Å². The molecule has 2 amide bonds. The van der Waals surface area contributed by atoms with Crippen LogP contribution in [0.25, 0.3) is 0 Å². The van der Waals surface area contributed by atoms with Crippen LogP contribution >= 0.6 is 0 Å². The Kier molecular flexibility index (Phi) is 5.30. The van der Waals surface area contributed by atoms with Crippen molar-refractivity contribution in [2.45, 2.75) is 13.3 Å². The first kappa shape index (κ1) is 18.7. The van der Waals surface area contributed by atoms with Crippen LogP contribution in [0.1, 0.15) is 12.0 Å². The topological polar surface area (TPSA) is 74.8 Å². The number of hydrogen-bond donors (Lipinski definition) is 1. The molecule has 1 aromatic carbocycles. The standard InChI is InChI=1S/C20H24N4O3/c1-13-5-7-17(27-4)16(9-13)24-12-14(10-19(24)25)20(26)22-15-6-8-18(21-11-15)23(2)3/h5-9,11,14H,10,12H2,1-4H3,(H,22,26). The average molecular weight is 368 g/mol. The summed E-state index contributed by atoms with van der Waals surface area (Å²) in [7, 11) is 5.38. The van der Waals surface area contributed by atoms with Crippen LogP contribution in [-0.4, -0.2) is 44.5 Å². The molecule has 142 valence electrons. The maximum atomic E-state index is 12.6. The number of pyridine rings is 1. The number of carbonyl (C=O) groups is 2. The molecule has 1 aliphatic heterocycles. The van der Waals surface area contributed by atoms with Gasteiger partial charge in [-0.05, 0) is 36.8 Å². The Morgan fingerprint density at radius 2 is 2.07 bits per heavy atom. The number of aryl methyl sites for hydroxylation is 1. The van der Waals surface area contributed by atoms with E-state index in [1.54, 1.807) is 24.3 Å². The number of ether oxygens (including phenoxy) is 1. The molecular weight excluding hydrogens is 344 g/mol. The number of benzene rings is 1. The van der Waals surface area contributed by atoms with Gasteiger partial charge in [-0.3, -0.25) is 9.59 Å². The van der Waals surface area contributed by atoms with Gasteiger partial charge in [0.25, 0.3) is 0 Å². The Morgan fingerprint density at radius 1 is 1.30 bits per heavy atom. The first-order valence-corrected chi connectivity index (χ1v) is 8.78. The minimum Gasteiger partial charge on any atom is -0.495 e. The predicted molar refractivity (Wildman–Crippen MR) is 105 cm³/mol. The zero-order valence-corrected chi connectivity index (χ0v) is 16.0. The van der Waals surface area contributed by atoms with Gasteiger partial charge in [0, 0.05) is 27.1 Å². The quantitative estimate of drug-likeness (QED) is 0.877. The lowest BCUT2D eigenvalue weighted by molar-refractivity contribution is -0.122. The summed E-state index contributed by atoms with van der Waals surface area (Å²) in [6.45, 7) is 2.28. The summed E-state index contributed by atoms with van der Waals surface area (Å²) < 4.78 is 5.38. The predicted octanol–water partition coefficient (Wildman–Crippen LogP) is 2.46. The Bertz CT molecular complexity index is 849. The third-order valence-corrected chi connectivity index (χ3v) is 4.59. The number of amides is 2. The fraction of sp³-hybridized carbons (Fsp3) is 0.350. The summed E-state index contributed by atoms with van der Waals surface area (Å²) in [6.07, 6.45) is 1.79. The van der Waals surface area contributed by atoms with Gasteiger partial charge >= 0.3 is 0 Å². The molecule has 7 heteroatoms. The van der Waals surface area contributed by atoms with Crippen molar-refractivity contribution >= 4 is 29.0 Å². The number of nitrogens with zero attached hydrogens (tertiary/aromatic N) is 3. The van der Waals surface area contributed by atoms with Crippen molar-refractivity contribution in [1.82, 2.24) is 4.98 Å². The number of rotatable bonds is 5. The first-order chi connectivity index (χ1) is 12.9. The zero-order chi connectivity index (χ0) is 19.6. The molecule has 1 atom stereocenters. The van der Waals surface area contributed by atoms with E-state index in [-0.39, 0.29) is 18.2 Å². The van der Waals surface area contributed by atoms with Gasteiger partial charge < -0.3 is 19.9 Å². The Labute approximate surface area is 158 Å². The molecule has 2 aromatic rings. The molecule has 2 heterocycles. The van der Waals surface area contributed by atoms with Crippen LogP contribution in [0.5, 0.6) is 5.75 Å². The van der Waals surface area contributed by atoms with E-state index < -0.39 is 5.92 Å². The normalized spacial score (nSPS) is 16.4. The molecule has 0 spiro atoms. The van der Waals surface area contributed by atoms with Crippen molar-refractivity contribution in [3.05, 3.63) is 42.1 Å². The lowest BCUT2D eigenvalue weighted by atomic mass is 10.1. The summed E-state index contributed by atoms with van der Waals surface area (Å²) in [6, 6.07) is 9.30. The summed E-state index contributed by atoms with van der Waals surface area (Å²) in [5, 5.41) is 2.85. The number of methoxy groups -OCH3 is 1. The van der Waals surface area contributed by atoms with E-state index in [0.29, 0.717) is 23.7 Å². The zero-order valence-electron chi connectivity index (χ0n) is 16.0. The van der Waals surface area contributed by atoms with Crippen molar-refractivity contribution in [2.24, 2.45) is 5.92 Å². The molecule has 0 bridgehead atoms. The number of aromatic nitrogens is 1. The lowest BCUT2D eigenvalue weighted by Gasteiger charge is -2.20. The van der Waals surface area contributed by atoms with Crippen LogP contribution in [-0.2, 0) is 9.59 Å². The molecule has 3 rings (SSSR count). The molecule has 0 saturated carbocycles. The maximum absolute atomic E-state index is 12.6. The van der Waals surface area contributed by atoms with Crippen molar-refractivity contribution in [2.75, 3.05) is 42.9 Å². The van der Waals surface area contributed by atoms with E-state index in [4.69, 9.17) is 4.74 Å². The highest BCUT2D eigenvalue weighted by Gasteiger charge is 2.36. The number of carbonyl (C=O) groups excluding carboxylic acids is 2. The molecule has 1 saturated heterocycles. The number of anilines is 3. The SMILES string of the molecule is COc1ccc(C)cc1N1CC(C(=O)Nc2ccc(N(C)C)nc2)CC1=O. The molecule has 1 unspecified atom stereocenters. The monoisotopic (exact) mass is 368 g/mol.